The Morgan fingerprint density at radius 1 is 1.27 bits per heavy atom. The molecule has 0 rings (SSSR count). The van der Waals surface area contributed by atoms with E-state index in [0.29, 0.717) is 0 Å². The molecular weight excluding hydrogens is 510 g/mol. The summed E-state index contributed by atoms with van der Waals surface area (Å²) in [5, 5.41) is 0. The van der Waals surface area contributed by atoms with Gasteiger partial charge in [-0.1, -0.05) is 0 Å². The minimum atomic E-state index is -3.13. The Kier molecular flexibility index (Phi) is 211. The molecule has 0 amide bonds. The van der Waals surface area contributed by atoms with E-state index in [1.807, 2.05) is 0 Å². The third-order valence-corrected chi connectivity index (χ3v) is 0. The fourth-order valence-corrected chi connectivity index (χ4v) is 0. The fourth-order valence-electron chi connectivity index (χ4n) is 0. The summed E-state index contributed by atoms with van der Waals surface area (Å²) in [6, 6.07) is 0. The molecule has 0 atom stereocenters. The number of hydrogen-bond donors (Lipinski definition) is 2. The SMILES string of the molecule is O=[Si](O)O.[Ca+2].[H-].[H-].[H-].[H-].[H-].[H-].[H-].[La].[Mg+2].[Mn].[Na+].[Sr+2].[Zn]. The minimum absolute atomic E-state index is 0. The summed E-state index contributed by atoms with van der Waals surface area (Å²) < 4.78 is 8.74. The second-order valence-electron chi connectivity index (χ2n) is 0.283. The van der Waals surface area contributed by atoms with E-state index >= 15 is 0 Å². The van der Waals surface area contributed by atoms with Crippen molar-refractivity contribution in [2.45, 2.75) is 0 Å². The molecule has 2 N–H and O–H groups in total. The van der Waals surface area contributed by atoms with Crippen LogP contribution in [0.25, 0.3) is 0 Å². The molecule has 0 aliphatic rings. The van der Waals surface area contributed by atoms with Crippen molar-refractivity contribution in [3.63, 3.8) is 0 Å². The maximum absolute atomic E-state index is 8.74. The van der Waals surface area contributed by atoms with Gasteiger partial charge in [0.1, 0.15) is 0 Å². The predicted octanol–water partition coefficient (Wildman–Crippen LogP) is -4.97. The summed E-state index contributed by atoms with van der Waals surface area (Å²) in [5.41, 5.74) is 0. The largest absolute Gasteiger partial charge is 2.00 e. The second kappa shape index (κ2) is 44.0. The molecule has 0 saturated heterocycles. The molecule has 0 unspecified atom stereocenters. The molecule has 0 spiro atoms. The molecule has 0 heterocycles. The molecule has 0 aromatic heterocycles. The third-order valence-electron chi connectivity index (χ3n) is 0. The van der Waals surface area contributed by atoms with E-state index in [9.17, 15) is 0 Å². The van der Waals surface area contributed by atoms with Gasteiger partial charge in [0.2, 0.25) is 0 Å². The van der Waals surface area contributed by atoms with Gasteiger partial charge in [0.05, 0.1) is 0 Å². The number of hydrogen-bond acceptors (Lipinski definition) is 1. The molecule has 0 aromatic carbocycles. The average Bonchev–Trinajstić information content (AvgIpc) is 0.811. The van der Waals surface area contributed by atoms with Gasteiger partial charge in [0, 0.05) is 72.1 Å². The van der Waals surface area contributed by atoms with E-state index in [-0.39, 0.29) is 218 Å². The first kappa shape index (κ1) is 52.9. The molecule has 0 aromatic rings. The predicted molar refractivity (Wildman–Crippen MR) is 35.9 cm³/mol. The van der Waals surface area contributed by atoms with Crippen LogP contribution in [0.1, 0.15) is 9.99 Å². The molecule has 11 heteroatoms. The summed E-state index contributed by atoms with van der Waals surface area (Å²) in [6.45, 7) is 0. The van der Waals surface area contributed by atoms with Crippen LogP contribution in [0, 0.1) is 35.6 Å². The topological polar surface area (TPSA) is 57.5 Å². The minimum Gasteiger partial charge on any atom is -1.00 e. The molecule has 0 bridgehead atoms. The Labute approximate surface area is 235 Å². The van der Waals surface area contributed by atoms with Crippen molar-refractivity contribution in [3.8, 4) is 0 Å². The van der Waals surface area contributed by atoms with E-state index in [4.69, 9.17) is 14.1 Å². The number of rotatable bonds is 0. The molecule has 0 aliphatic carbocycles. The Morgan fingerprint density at radius 2 is 1.27 bits per heavy atom. The summed E-state index contributed by atoms with van der Waals surface area (Å²) in [5.74, 6) is 0. The molecular formula is H9CaLaMgMnNaO3SiSrZn. The van der Waals surface area contributed by atoms with Crippen LogP contribution < -0.4 is 29.6 Å². The molecule has 0 saturated carbocycles. The molecule has 50 valence electrons. The van der Waals surface area contributed by atoms with Crippen molar-refractivity contribution in [3.05, 3.63) is 0 Å². The summed E-state index contributed by atoms with van der Waals surface area (Å²) in [4.78, 5) is 14.3. The van der Waals surface area contributed by atoms with Gasteiger partial charge in [0.15, 0.2) is 0 Å². The Bertz CT molecular complexity index is 73.7. The molecule has 2 radical (unpaired) electrons. The standard InChI is InChI=1S/Ca.La.Mg.Mn.Na.H2O3Si.Sr.Zn.7H/c;;;;;1-4(2)3;;;;;;;;;/h;;;;;1-2H;;;;;;;;;/q+2;;+2;;+1;;+2;;7*-1. The van der Waals surface area contributed by atoms with Gasteiger partial charge in [0.25, 0.3) is 0 Å². The van der Waals surface area contributed by atoms with Gasteiger partial charge in [-0.15, -0.1) is 0 Å². The summed E-state index contributed by atoms with van der Waals surface area (Å²) in [7, 11) is -3.13. The van der Waals surface area contributed by atoms with Crippen LogP contribution >= 0.6 is 0 Å². The Balaban J connectivity index is -0.000000000495. The van der Waals surface area contributed by atoms with E-state index in [1.165, 1.54) is 0 Å². The van der Waals surface area contributed by atoms with Gasteiger partial charge in [-0.05, 0) is 0 Å². The first-order valence-electron chi connectivity index (χ1n) is 0.651. The zero-order chi connectivity index (χ0) is 3.58. The average molecular weight is 519 g/mol. The van der Waals surface area contributed by atoms with Gasteiger partial charge < -0.3 is 19.6 Å². The van der Waals surface area contributed by atoms with Crippen LogP contribution in [0.3, 0.4) is 0 Å². The quantitative estimate of drug-likeness (QED) is 0.316. The van der Waals surface area contributed by atoms with Crippen molar-refractivity contribution in [2.75, 3.05) is 0 Å². The Hall–Kier alpha value is 6.46. The van der Waals surface area contributed by atoms with Gasteiger partial charge in [-0.3, -0.25) is 4.46 Å². The van der Waals surface area contributed by atoms with Gasteiger partial charge >= 0.3 is 145 Å². The maximum atomic E-state index is 8.74. The zero-order valence-corrected chi connectivity index (χ0v) is 24.5. The fraction of sp³-hybridized carbons (Fsp3) is 0. The van der Waals surface area contributed by atoms with Crippen molar-refractivity contribution in [1.29, 1.82) is 0 Å². The monoisotopic (exact) mass is 518 g/mol. The van der Waals surface area contributed by atoms with E-state index < -0.39 is 9.17 Å². The van der Waals surface area contributed by atoms with Crippen molar-refractivity contribution in [1.82, 2.24) is 0 Å². The molecule has 0 fully saturated rings. The van der Waals surface area contributed by atoms with Crippen LogP contribution in [-0.4, -0.2) is 125 Å². The van der Waals surface area contributed by atoms with Crippen LogP contribution in [-0.2, 0) is 41.0 Å². The van der Waals surface area contributed by atoms with Crippen LogP contribution in [0.15, 0.2) is 0 Å². The van der Waals surface area contributed by atoms with Crippen LogP contribution in [0.5, 0.6) is 0 Å². The Morgan fingerprint density at radius 3 is 1.27 bits per heavy atom. The van der Waals surface area contributed by atoms with Crippen LogP contribution in [0.4, 0.5) is 0 Å². The van der Waals surface area contributed by atoms with Gasteiger partial charge in [-0.2, -0.15) is 0 Å². The second-order valence-corrected chi connectivity index (χ2v) is 0.848. The normalized spacial score (nSPS) is 2.18. The molecule has 11 heavy (non-hydrogen) atoms. The van der Waals surface area contributed by atoms with E-state index in [0.717, 1.165) is 0 Å². The van der Waals surface area contributed by atoms with Crippen LogP contribution in [0.2, 0.25) is 0 Å². The van der Waals surface area contributed by atoms with E-state index in [2.05, 4.69) is 0 Å². The maximum Gasteiger partial charge on any atom is 2.00 e. The first-order chi connectivity index (χ1) is 1.73. The smallest absolute Gasteiger partial charge is 1.00 e. The van der Waals surface area contributed by atoms with E-state index in [1.54, 1.807) is 0 Å². The van der Waals surface area contributed by atoms with Crippen molar-refractivity contribution < 1.29 is 126 Å². The van der Waals surface area contributed by atoms with Crippen molar-refractivity contribution >= 4 is 115 Å². The van der Waals surface area contributed by atoms with Crippen molar-refractivity contribution in [2.24, 2.45) is 0 Å². The molecule has 0 aliphatic heterocycles. The van der Waals surface area contributed by atoms with Gasteiger partial charge in [-0.25, -0.2) is 0 Å². The molecule has 3 nitrogen and oxygen atoms in total. The summed E-state index contributed by atoms with van der Waals surface area (Å²) >= 11 is 0. The zero-order valence-electron chi connectivity index (χ0n) is 13.6. The first-order valence-corrected chi connectivity index (χ1v) is 1.95. The third kappa shape index (κ3) is 82.5. The summed E-state index contributed by atoms with van der Waals surface area (Å²) in [6.07, 6.45) is 0.